The summed E-state index contributed by atoms with van der Waals surface area (Å²) in [5.41, 5.74) is -0.337. The second kappa shape index (κ2) is 8.71. The first kappa shape index (κ1) is 25.3. The van der Waals surface area contributed by atoms with E-state index < -0.39 is 46.0 Å². The highest BCUT2D eigenvalue weighted by Gasteiger charge is 2.40. The van der Waals surface area contributed by atoms with E-state index in [9.17, 15) is 31.8 Å². The van der Waals surface area contributed by atoms with Crippen LogP contribution in [0.5, 0.6) is 0 Å². The van der Waals surface area contributed by atoms with Crippen LogP contribution < -0.4 is 4.90 Å². The summed E-state index contributed by atoms with van der Waals surface area (Å²) in [6.07, 6.45) is -4.11. The third kappa shape index (κ3) is 4.47. The van der Waals surface area contributed by atoms with Crippen LogP contribution in [0.1, 0.15) is 55.6 Å². The van der Waals surface area contributed by atoms with Crippen LogP contribution in [0.3, 0.4) is 0 Å². The minimum absolute atomic E-state index is 0.00518. The van der Waals surface area contributed by atoms with E-state index in [2.05, 4.69) is 15.0 Å². The molecule has 1 aliphatic rings. The Morgan fingerprint density at radius 1 is 1.17 bits per heavy atom. The molecule has 4 rings (SSSR count). The summed E-state index contributed by atoms with van der Waals surface area (Å²) in [5.74, 6) is 0.283. The summed E-state index contributed by atoms with van der Waals surface area (Å²) >= 11 is 0. The molecule has 0 amide bonds. The van der Waals surface area contributed by atoms with Crippen molar-refractivity contribution in [3.05, 3.63) is 41.0 Å². The highest BCUT2D eigenvalue weighted by Crippen LogP contribution is 2.39. The van der Waals surface area contributed by atoms with Crippen molar-refractivity contribution in [1.82, 2.24) is 19.5 Å². The second-order valence-electron chi connectivity index (χ2n) is 9.03. The lowest BCUT2D eigenvalue weighted by molar-refractivity contribution is -0.142. The molecule has 0 saturated heterocycles. The molecule has 2 aromatic heterocycles. The van der Waals surface area contributed by atoms with Gasteiger partial charge in [-0.05, 0) is 30.5 Å². The van der Waals surface area contributed by atoms with Crippen molar-refractivity contribution in [3.8, 4) is 0 Å². The average molecular weight is 514 g/mol. The van der Waals surface area contributed by atoms with Crippen LogP contribution in [0.2, 0.25) is 0 Å². The fourth-order valence-electron chi connectivity index (χ4n) is 4.57. The van der Waals surface area contributed by atoms with Gasteiger partial charge >= 0.3 is 6.18 Å². The highest BCUT2D eigenvalue weighted by atomic mass is 32.2. The molecule has 1 aromatic carbocycles. The molecule has 3 aromatic rings. The first-order valence-corrected chi connectivity index (χ1v) is 12.9. The Kier molecular flexibility index (Phi) is 6.31. The molecule has 9 nitrogen and oxygen atoms in total. The fourth-order valence-corrected chi connectivity index (χ4v) is 5.49. The van der Waals surface area contributed by atoms with Gasteiger partial charge in [0.2, 0.25) is 5.95 Å². The van der Waals surface area contributed by atoms with Crippen LogP contribution in [0, 0.1) is 5.92 Å². The molecule has 0 fully saturated rings. The summed E-state index contributed by atoms with van der Waals surface area (Å²) < 4.78 is 67.5. The maximum absolute atomic E-state index is 13.7. The normalized spacial score (nSPS) is 17.8. The third-order valence-corrected chi connectivity index (χ3v) is 7.28. The van der Waals surface area contributed by atoms with E-state index >= 15 is 0 Å². The number of aliphatic hydroxyl groups excluding tert-OH is 2. The number of benzene rings is 1. The van der Waals surface area contributed by atoms with Gasteiger partial charge < -0.3 is 19.7 Å². The van der Waals surface area contributed by atoms with Crippen molar-refractivity contribution in [2.75, 3.05) is 17.7 Å². The third-order valence-electron chi connectivity index (χ3n) is 6.11. The summed E-state index contributed by atoms with van der Waals surface area (Å²) in [4.78, 5) is 14.3. The van der Waals surface area contributed by atoms with Gasteiger partial charge in [-0.2, -0.15) is 13.2 Å². The Morgan fingerprint density at radius 3 is 2.40 bits per heavy atom. The van der Waals surface area contributed by atoms with E-state index in [1.54, 1.807) is 4.90 Å². The SMILES string of the molecule is CC(C)[C@@H]1c2nc3cc(CO)c(S(C)(=O)=O)cc3n2CCN1c1ncc([C@@H](C)O)c(C(F)(F)F)n1. The topological polar surface area (TPSA) is 121 Å². The van der Waals surface area contributed by atoms with Crippen molar-refractivity contribution in [2.24, 2.45) is 5.92 Å². The molecule has 0 unspecified atom stereocenters. The number of sulfone groups is 1. The maximum Gasteiger partial charge on any atom is 0.433 e. The minimum atomic E-state index is -4.77. The number of aliphatic hydroxyl groups is 2. The number of anilines is 1. The van der Waals surface area contributed by atoms with E-state index in [0.717, 1.165) is 12.5 Å². The molecule has 1 aliphatic heterocycles. The Balaban J connectivity index is 1.88. The molecule has 0 spiro atoms. The largest absolute Gasteiger partial charge is 0.433 e. The molecule has 3 heterocycles. The molecular weight excluding hydrogens is 487 g/mol. The van der Waals surface area contributed by atoms with E-state index in [4.69, 9.17) is 0 Å². The van der Waals surface area contributed by atoms with Crippen LogP contribution in [0.15, 0.2) is 23.2 Å². The number of aromatic nitrogens is 4. The van der Waals surface area contributed by atoms with Crippen LogP contribution >= 0.6 is 0 Å². The number of halogens is 3. The predicted octanol–water partition coefficient (Wildman–Crippen LogP) is 3.01. The molecule has 13 heteroatoms. The van der Waals surface area contributed by atoms with Gasteiger partial charge in [0, 0.05) is 31.1 Å². The second-order valence-corrected chi connectivity index (χ2v) is 11.0. The molecule has 0 aliphatic carbocycles. The molecule has 2 atom stereocenters. The summed E-state index contributed by atoms with van der Waals surface area (Å²) in [7, 11) is -3.61. The number of alkyl halides is 3. The quantitative estimate of drug-likeness (QED) is 0.534. The Bertz CT molecular complexity index is 1390. The van der Waals surface area contributed by atoms with Gasteiger partial charge in [0.1, 0.15) is 5.82 Å². The van der Waals surface area contributed by atoms with Crippen LogP contribution in [0.25, 0.3) is 11.0 Å². The van der Waals surface area contributed by atoms with Crippen molar-refractivity contribution < 1.29 is 31.8 Å². The van der Waals surface area contributed by atoms with Crippen molar-refractivity contribution in [3.63, 3.8) is 0 Å². The molecule has 190 valence electrons. The van der Waals surface area contributed by atoms with Gasteiger partial charge in [0.15, 0.2) is 15.5 Å². The van der Waals surface area contributed by atoms with Gasteiger partial charge in [0.05, 0.1) is 34.7 Å². The van der Waals surface area contributed by atoms with Gasteiger partial charge in [0.25, 0.3) is 0 Å². The van der Waals surface area contributed by atoms with E-state index in [-0.39, 0.29) is 28.9 Å². The maximum atomic E-state index is 13.7. The zero-order valence-corrected chi connectivity index (χ0v) is 20.4. The molecule has 2 N–H and O–H groups in total. The van der Waals surface area contributed by atoms with Gasteiger partial charge in [-0.15, -0.1) is 0 Å². The lowest BCUT2D eigenvalue weighted by Crippen LogP contribution is -2.42. The van der Waals surface area contributed by atoms with E-state index in [0.29, 0.717) is 23.4 Å². The average Bonchev–Trinajstić information content (AvgIpc) is 3.13. The molecule has 0 saturated carbocycles. The first-order chi connectivity index (χ1) is 16.2. The molecule has 0 radical (unpaired) electrons. The van der Waals surface area contributed by atoms with E-state index in [1.165, 1.54) is 19.1 Å². The summed E-state index contributed by atoms with van der Waals surface area (Å²) in [5, 5.41) is 19.5. The van der Waals surface area contributed by atoms with E-state index in [1.807, 2.05) is 18.4 Å². The fraction of sp³-hybridized carbons (Fsp3) is 0.500. The smallest absolute Gasteiger partial charge is 0.392 e. The number of hydrogen-bond acceptors (Lipinski definition) is 8. The lowest BCUT2D eigenvalue weighted by atomic mass is 10.00. The molecule has 35 heavy (non-hydrogen) atoms. The standard InChI is InChI=1S/C22H26F3N5O4S/c1-11(2)18-20-27-15-7-13(10-31)17(35(4,33)34)8-16(15)29(20)5-6-30(18)21-26-9-14(12(3)32)19(28-21)22(23,24)25/h7-9,11-12,18,31-32H,5-6,10H2,1-4H3/t12-,18-/m1/s1. The lowest BCUT2D eigenvalue weighted by Gasteiger charge is -2.38. The van der Waals surface area contributed by atoms with Crippen molar-refractivity contribution in [1.29, 1.82) is 0 Å². The van der Waals surface area contributed by atoms with Crippen LogP contribution in [0.4, 0.5) is 19.1 Å². The van der Waals surface area contributed by atoms with Gasteiger partial charge in [-0.1, -0.05) is 13.8 Å². The van der Waals surface area contributed by atoms with Crippen LogP contribution in [-0.4, -0.2) is 51.0 Å². The Labute approximate surface area is 200 Å². The minimum Gasteiger partial charge on any atom is -0.392 e. The monoisotopic (exact) mass is 513 g/mol. The number of hydrogen-bond donors (Lipinski definition) is 2. The summed E-state index contributed by atoms with van der Waals surface area (Å²) in [6, 6.07) is 2.50. The van der Waals surface area contributed by atoms with Crippen LogP contribution in [-0.2, 0) is 29.2 Å². The number of rotatable bonds is 5. The predicted molar refractivity (Wildman–Crippen MR) is 121 cm³/mol. The molecular formula is C22H26F3N5O4S. The van der Waals surface area contributed by atoms with Gasteiger partial charge in [-0.25, -0.2) is 23.4 Å². The number of fused-ring (bicyclic) bond motifs is 3. The number of nitrogens with zero attached hydrogens (tertiary/aromatic N) is 5. The highest BCUT2D eigenvalue weighted by molar-refractivity contribution is 7.90. The Hall–Kier alpha value is -2.77. The molecule has 0 bridgehead atoms. The summed E-state index contributed by atoms with van der Waals surface area (Å²) in [6.45, 7) is 5.08. The van der Waals surface area contributed by atoms with Gasteiger partial charge in [-0.3, -0.25) is 0 Å². The Morgan fingerprint density at radius 2 is 1.86 bits per heavy atom. The van der Waals surface area contributed by atoms with Crippen molar-refractivity contribution >= 4 is 26.8 Å². The first-order valence-electron chi connectivity index (χ1n) is 11.0. The zero-order valence-electron chi connectivity index (χ0n) is 19.6. The number of imidazole rings is 1. The zero-order chi connectivity index (χ0) is 25.9. The van der Waals surface area contributed by atoms with Crippen molar-refractivity contribution in [2.45, 2.75) is 57.1 Å².